The molecule has 80 valence electrons. The molecule has 0 fully saturated rings. The Bertz CT molecular complexity index is 126. The standard InChI is InChI=1S/3CH3NO2.Li.H2Te/c3*2-1(3)4;;/h3*2H2,(H,3,4);;1H2/q;;;+1;/p-1. The molecule has 3 amide bonds. The number of carboxylic acid groups (broad SMARTS) is 3. The number of rotatable bonds is 0. The van der Waals surface area contributed by atoms with Crippen LogP contribution in [0.5, 0.6) is 0 Å². The molecule has 0 saturated heterocycles. The summed E-state index contributed by atoms with van der Waals surface area (Å²) in [6, 6.07) is 0. The molecule has 8 N–H and O–H groups in total. The van der Waals surface area contributed by atoms with Crippen molar-refractivity contribution in [2.75, 3.05) is 0 Å². The van der Waals surface area contributed by atoms with Gasteiger partial charge in [-0.05, 0) is 0 Å². The maximum atomic E-state index is 8.78. The number of carbonyl (C=O) groups excluding carboxylic acids is 1. The van der Waals surface area contributed by atoms with Crippen molar-refractivity contribution >= 4 is 41.9 Å². The van der Waals surface area contributed by atoms with Gasteiger partial charge in [0.2, 0.25) is 0 Å². The Morgan fingerprint density at radius 1 is 0.929 bits per heavy atom. The van der Waals surface area contributed by atoms with E-state index in [9.17, 15) is 0 Å². The van der Waals surface area contributed by atoms with Gasteiger partial charge in [-0.2, -0.15) is 0 Å². The summed E-state index contributed by atoms with van der Waals surface area (Å²) >= 11 is 0. The Kier molecular flexibility index (Phi) is 47.5. The average molecular weight is 319 g/mol. The quantitative estimate of drug-likeness (QED) is 0.275. The first kappa shape index (κ1) is 29.2. The summed E-state index contributed by atoms with van der Waals surface area (Å²) in [5, 5.41) is 23.1. The molecule has 0 heterocycles. The van der Waals surface area contributed by atoms with Crippen molar-refractivity contribution in [1.82, 2.24) is 0 Å². The molecule has 0 aliphatic carbocycles. The van der Waals surface area contributed by atoms with Crippen molar-refractivity contribution < 1.29 is 48.6 Å². The number of carbonyl (C=O) groups is 3. The molecule has 0 spiro atoms. The third kappa shape index (κ3) is 1810. The van der Waals surface area contributed by atoms with Crippen LogP contribution >= 0.6 is 0 Å². The molecule has 14 heavy (non-hydrogen) atoms. The van der Waals surface area contributed by atoms with E-state index < -0.39 is 18.3 Å². The molecule has 0 saturated carbocycles. The van der Waals surface area contributed by atoms with Crippen LogP contribution in [0.15, 0.2) is 0 Å². The zero-order valence-electron chi connectivity index (χ0n) is 7.26. The van der Waals surface area contributed by atoms with Crippen LogP contribution in [0.4, 0.5) is 14.4 Å². The molecule has 9 nitrogen and oxygen atoms in total. The van der Waals surface area contributed by atoms with E-state index >= 15 is 0 Å². The van der Waals surface area contributed by atoms with Gasteiger partial charge in [0.15, 0.2) is 0 Å². The van der Waals surface area contributed by atoms with E-state index in [1.807, 2.05) is 0 Å². The number of nitrogens with two attached hydrogens (primary N) is 3. The SMILES string of the molecule is NC(=O)O.NC(=O)O.NC(=O)[O-].[Li+].[TeH2]. The van der Waals surface area contributed by atoms with Gasteiger partial charge in [0, 0.05) is 0 Å². The van der Waals surface area contributed by atoms with Gasteiger partial charge < -0.3 is 37.3 Å². The minimum atomic E-state index is -1.58. The van der Waals surface area contributed by atoms with Crippen LogP contribution in [0, 0.1) is 0 Å². The monoisotopic (exact) mass is 321 g/mol. The van der Waals surface area contributed by atoms with E-state index in [1.54, 1.807) is 0 Å². The van der Waals surface area contributed by atoms with E-state index in [4.69, 9.17) is 29.7 Å². The summed E-state index contributed by atoms with van der Waals surface area (Å²) in [5.41, 5.74) is 12.0. The third-order valence-corrected chi connectivity index (χ3v) is 0. The molecule has 0 aliphatic rings. The molecular formula is C3H10LiN3O6Te. The number of hydrogen-bond donors (Lipinski definition) is 5. The van der Waals surface area contributed by atoms with Crippen LogP contribution in [0.2, 0.25) is 0 Å². The van der Waals surface area contributed by atoms with Crippen LogP contribution in [0.25, 0.3) is 0 Å². The first-order chi connectivity index (χ1) is 5.20. The van der Waals surface area contributed by atoms with Crippen molar-refractivity contribution in [3.05, 3.63) is 0 Å². The van der Waals surface area contributed by atoms with Gasteiger partial charge in [-0.25, -0.2) is 9.59 Å². The van der Waals surface area contributed by atoms with E-state index in [2.05, 4.69) is 17.2 Å². The fraction of sp³-hybridized carbons (Fsp3) is 0. The van der Waals surface area contributed by atoms with Crippen LogP contribution in [0.3, 0.4) is 0 Å². The van der Waals surface area contributed by atoms with Gasteiger partial charge in [-0.3, -0.25) is 0 Å². The Morgan fingerprint density at radius 3 is 0.929 bits per heavy atom. The minimum absolute atomic E-state index is 0. The molecule has 0 aromatic carbocycles. The summed E-state index contributed by atoms with van der Waals surface area (Å²) in [4.78, 5) is 26.2. The predicted octanol–water partition coefficient (Wildman–Crippen LogP) is -6.38. The second-order valence-electron chi connectivity index (χ2n) is 0.996. The van der Waals surface area contributed by atoms with E-state index in [0.717, 1.165) is 0 Å². The van der Waals surface area contributed by atoms with Gasteiger partial charge in [0.1, 0.15) is 6.09 Å². The van der Waals surface area contributed by atoms with Gasteiger partial charge in [-0.15, -0.1) is 0 Å². The van der Waals surface area contributed by atoms with Gasteiger partial charge in [-0.1, -0.05) is 0 Å². The van der Waals surface area contributed by atoms with Crippen molar-refractivity contribution in [2.45, 2.75) is 0 Å². The Balaban J connectivity index is -0.0000000270. The zero-order chi connectivity index (χ0) is 10.7. The molecule has 0 atom stereocenters. The number of hydrogen-bond acceptors (Lipinski definition) is 4. The van der Waals surface area contributed by atoms with Crippen LogP contribution < -0.4 is 41.2 Å². The van der Waals surface area contributed by atoms with Crippen molar-refractivity contribution in [2.24, 2.45) is 17.2 Å². The predicted molar refractivity (Wildman–Crippen MR) is 42.6 cm³/mol. The fourth-order valence-corrected chi connectivity index (χ4v) is 0. The molecule has 0 unspecified atom stereocenters. The van der Waals surface area contributed by atoms with Gasteiger partial charge in [0.25, 0.3) is 0 Å². The van der Waals surface area contributed by atoms with Crippen LogP contribution in [0.1, 0.15) is 0 Å². The normalized spacial score (nSPS) is 5.14. The molecule has 0 aromatic heterocycles. The fourth-order valence-electron chi connectivity index (χ4n) is 0. The summed E-state index contributed by atoms with van der Waals surface area (Å²) in [7, 11) is 0. The second kappa shape index (κ2) is 22.8. The first-order valence-electron chi connectivity index (χ1n) is 2.13. The van der Waals surface area contributed by atoms with Gasteiger partial charge in [0.05, 0.1) is 0 Å². The molecule has 0 bridgehead atoms. The Labute approximate surface area is 108 Å². The van der Waals surface area contributed by atoms with Crippen molar-refractivity contribution in [1.29, 1.82) is 0 Å². The summed E-state index contributed by atoms with van der Waals surface area (Å²) in [6.07, 6.45) is -4.25. The topological polar surface area (TPSA) is 193 Å². The maximum absolute atomic E-state index is 8.78. The molecule has 0 aliphatic heterocycles. The van der Waals surface area contributed by atoms with Gasteiger partial charge >= 0.3 is 54.7 Å². The molecule has 0 aromatic rings. The average Bonchev–Trinajstić information content (AvgIpc) is 1.54. The molecule has 0 radical (unpaired) electrons. The Hall–Kier alpha value is -0.803. The number of primary amides is 3. The Morgan fingerprint density at radius 2 is 0.929 bits per heavy atom. The first-order valence-corrected chi connectivity index (χ1v) is 2.13. The van der Waals surface area contributed by atoms with Crippen molar-refractivity contribution in [3.8, 4) is 0 Å². The molecule has 11 heteroatoms. The molecular weight excluding hydrogens is 309 g/mol. The third-order valence-electron chi connectivity index (χ3n) is 0. The van der Waals surface area contributed by atoms with Crippen LogP contribution in [-0.2, 0) is 0 Å². The summed E-state index contributed by atoms with van der Waals surface area (Å²) < 4.78 is 0. The zero-order valence-corrected chi connectivity index (χ0v) is 10.1. The van der Waals surface area contributed by atoms with Crippen molar-refractivity contribution in [3.63, 3.8) is 0 Å². The summed E-state index contributed by atoms with van der Waals surface area (Å²) in [6.45, 7) is 0. The summed E-state index contributed by atoms with van der Waals surface area (Å²) in [5.74, 6) is 0. The second-order valence-corrected chi connectivity index (χ2v) is 0.996. The molecule has 0 rings (SSSR count). The van der Waals surface area contributed by atoms with Crippen LogP contribution in [-0.4, -0.2) is 52.2 Å². The number of amides is 3. The van der Waals surface area contributed by atoms with E-state index in [-0.39, 0.29) is 42.5 Å². The van der Waals surface area contributed by atoms with E-state index in [0.29, 0.717) is 0 Å². The van der Waals surface area contributed by atoms with E-state index in [1.165, 1.54) is 0 Å².